The first-order chi connectivity index (χ1) is 11.1. The van der Waals surface area contributed by atoms with E-state index in [-0.39, 0.29) is 5.91 Å². The van der Waals surface area contributed by atoms with Crippen molar-refractivity contribution < 1.29 is 9.53 Å². The van der Waals surface area contributed by atoms with Gasteiger partial charge in [0.05, 0.1) is 12.3 Å². The topological polar surface area (TPSA) is 55.6 Å². The van der Waals surface area contributed by atoms with Gasteiger partial charge >= 0.3 is 0 Å². The number of rotatable bonds is 4. The highest BCUT2D eigenvalue weighted by Gasteiger charge is 2.19. The Labute approximate surface area is 134 Å². The number of nitrogens with zero attached hydrogens (tertiary/aromatic N) is 2. The molecule has 118 valence electrons. The summed E-state index contributed by atoms with van der Waals surface area (Å²) in [6.45, 7) is 6.26. The Morgan fingerprint density at radius 2 is 2.00 bits per heavy atom. The molecule has 0 aliphatic heterocycles. The number of hydrogen-bond donors (Lipinski definition) is 1. The number of benzene rings is 1. The highest BCUT2D eigenvalue weighted by molar-refractivity contribution is 6.05. The Hall–Kier alpha value is -2.82. The normalized spacial score (nSPS) is 10.7. The van der Waals surface area contributed by atoms with E-state index < -0.39 is 0 Å². The summed E-state index contributed by atoms with van der Waals surface area (Å²) in [5.41, 5.74) is 3.66. The van der Waals surface area contributed by atoms with Gasteiger partial charge in [0, 0.05) is 11.9 Å². The van der Waals surface area contributed by atoms with Crippen molar-refractivity contribution in [3.63, 3.8) is 0 Å². The molecule has 2 heterocycles. The lowest BCUT2D eigenvalue weighted by Gasteiger charge is -2.09. The fraction of sp³-hybridized carbons (Fsp3) is 0.222. The molecule has 1 amide bonds. The number of imidazole rings is 1. The number of carbonyl (C=O) groups excluding carboxylic acids is 1. The average Bonchev–Trinajstić information content (AvgIpc) is 2.87. The van der Waals surface area contributed by atoms with Crippen LogP contribution in [0, 0.1) is 13.8 Å². The van der Waals surface area contributed by atoms with Crippen LogP contribution in [0.5, 0.6) is 5.75 Å². The standard InChI is InChI=1S/C18H19N3O2/c1-4-23-15-10-7-11-21-16(13(3)19-17(15)21)18(22)20-14-9-6-5-8-12(14)2/h5-11H,4H2,1-3H3,(H,20,22). The van der Waals surface area contributed by atoms with Crippen LogP contribution in [0.1, 0.15) is 28.7 Å². The van der Waals surface area contributed by atoms with Crippen LogP contribution in [0.4, 0.5) is 5.69 Å². The molecule has 0 saturated carbocycles. The summed E-state index contributed by atoms with van der Waals surface area (Å²) in [7, 11) is 0. The van der Waals surface area contributed by atoms with E-state index in [1.54, 1.807) is 4.40 Å². The summed E-state index contributed by atoms with van der Waals surface area (Å²) < 4.78 is 7.36. The van der Waals surface area contributed by atoms with E-state index in [4.69, 9.17) is 4.74 Å². The average molecular weight is 309 g/mol. The van der Waals surface area contributed by atoms with Crippen LogP contribution < -0.4 is 10.1 Å². The Balaban J connectivity index is 2.02. The summed E-state index contributed by atoms with van der Waals surface area (Å²) in [6, 6.07) is 11.4. The number of para-hydroxylation sites is 1. The Kier molecular flexibility index (Phi) is 4.02. The maximum atomic E-state index is 12.7. The molecule has 0 radical (unpaired) electrons. The van der Waals surface area contributed by atoms with Crippen molar-refractivity contribution in [3.05, 3.63) is 59.5 Å². The van der Waals surface area contributed by atoms with Gasteiger partial charge in [-0.1, -0.05) is 18.2 Å². The quantitative estimate of drug-likeness (QED) is 0.801. The minimum Gasteiger partial charge on any atom is -0.490 e. The molecule has 0 atom stereocenters. The van der Waals surface area contributed by atoms with E-state index in [2.05, 4.69) is 10.3 Å². The van der Waals surface area contributed by atoms with Crippen LogP contribution in [0.15, 0.2) is 42.6 Å². The Morgan fingerprint density at radius 1 is 1.22 bits per heavy atom. The number of amides is 1. The van der Waals surface area contributed by atoms with Crippen LogP contribution >= 0.6 is 0 Å². The third-order valence-electron chi connectivity index (χ3n) is 3.70. The predicted molar refractivity (Wildman–Crippen MR) is 90.2 cm³/mol. The van der Waals surface area contributed by atoms with Crippen molar-refractivity contribution in [1.29, 1.82) is 0 Å². The maximum absolute atomic E-state index is 12.7. The molecular formula is C18H19N3O2. The van der Waals surface area contributed by atoms with Crippen molar-refractivity contribution >= 4 is 17.2 Å². The molecule has 1 aromatic carbocycles. The van der Waals surface area contributed by atoms with E-state index in [1.807, 2.05) is 63.4 Å². The molecule has 3 aromatic rings. The third-order valence-corrected chi connectivity index (χ3v) is 3.70. The van der Waals surface area contributed by atoms with E-state index >= 15 is 0 Å². The Bertz CT molecular complexity index is 868. The second-order valence-corrected chi connectivity index (χ2v) is 5.31. The monoisotopic (exact) mass is 309 g/mol. The van der Waals surface area contributed by atoms with Gasteiger partial charge in [0.2, 0.25) is 0 Å². The van der Waals surface area contributed by atoms with Crippen molar-refractivity contribution in [2.45, 2.75) is 20.8 Å². The number of carbonyl (C=O) groups is 1. The van der Waals surface area contributed by atoms with Crippen molar-refractivity contribution in [2.24, 2.45) is 0 Å². The molecule has 0 fully saturated rings. The number of pyridine rings is 1. The number of anilines is 1. The molecule has 0 aliphatic rings. The zero-order valence-corrected chi connectivity index (χ0v) is 13.5. The van der Waals surface area contributed by atoms with Gasteiger partial charge in [-0.2, -0.15) is 0 Å². The van der Waals surface area contributed by atoms with Crippen LogP contribution in [-0.2, 0) is 0 Å². The van der Waals surface area contributed by atoms with E-state index in [0.717, 1.165) is 11.3 Å². The summed E-state index contributed by atoms with van der Waals surface area (Å²) in [5.74, 6) is 0.492. The van der Waals surface area contributed by atoms with Gasteiger partial charge < -0.3 is 10.1 Å². The highest BCUT2D eigenvalue weighted by Crippen LogP contribution is 2.23. The fourth-order valence-electron chi connectivity index (χ4n) is 2.59. The highest BCUT2D eigenvalue weighted by atomic mass is 16.5. The summed E-state index contributed by atoms with van der Waals surface area (Å²) in [5, 5.41) is 2.96. The van der Waals surface area contributed by atoms with Crippen LogP contribution in [0.25, 0.3) is 5.65 Å². The van der Waals surface area contributed by atoms with Gasteiger partial charge in [-0.3, -0.25) is 9.20 Å². The van der Waals surface area contributed by atoms with Crippen LogP contribution in [0.2, 0.25) is 0 Å². The number of hydrogen-bond acceptors (Lipinski definition) is 3. The van der Waals surface area contributed by atoms with Crippen LogP contribution in [0.3, 0.4) is 0 Å². The Morgan fingerprint density at radius 3 is 2.74 bits per heavy atom. The lowest BCUT2D eigenvalue weighted by Crippen LogP contribution is -2.16. The zero-order valence-electron chi connectivity index (χ0n) is 13.5. The van der Waals surface area contributed by atoms with Crippen LogP contribution in [-0.4, -0.2) is 21.9 Å². The first-order valence-electron chi connectivity index (χ1n) is 7.59. The predicted octanol–water partition coefficient (Wildman–Crippen LogP) is 3.60. The molecule has 0 unspecified atom stereocenters. The first kappa shape index (κ1) is 15.1. The smallest absolute Gasteiger partial charge is 0.274 e. The number of nitrogens with one attached hydrogen (secondary N) is 1. The largest absolute Gasteiger partial charge is 0.490 e. The molecule has 5 nitrogen and oxygen atoms in total. The molecule has 2 aromatic heterocycles. The molecule has 5 heteroatoms. The fourth-order valence-corrected chi connectivity index (χ4v) is 2.59. The summed E-state index contributed by atoms with van der Waals surface area (Å²) in [4.78, 5) is 17.2. The van der Waals surface area contributed by atoms with E-state index in [0.29, 0.717) is 29.4 Å². The minimum atomic E-state index is -0.182. The second-order valence-electron chi connectivity index (χ2n) is 5.31. The lowest BCUT2D eigenvalue weighted by atomic mass is 10.2. The molecule has 0 aliphatic carbocycles. The first-order valence-corrected chi connectivity index (χ1v) is 7.59. The second kappa shape index (κ2) is 6.12. The number of ether oxygens (including phenoxy) is 1. The third kappa shape index (κ3) is 2.77. The molecular weight excluding hydrogens is 290 g/mol. The number of aryl methyl sites for hydroxylation is 2. The van der Waals surface area contributed by atoms with Crippen molar-refractivity contribution in [2.75, 3.05) is 11.9 Å². The summed E-state index contributed by atoms with van der Waals surface area (Å²) in [6.07, 6.45) is 1.82. The van der Waals surface area contributed by atoms with Crippen molar-refractivity contribution in [3.8, 4) is 5.75 Å². The van der Waals surface area contributed by atoms with Gasteiger partial charge in [0.15, 0.2) is 11.4 Å². The van der Waals surface area contributed by atoms with Gasteiger partial charge in [-0.05, 0) is 44.5 Å². The number of fused-ring (bicyclic) bond motifs is 1. The molecule has 0 bridgehead atoms. The minimum absolute atomic E-state index is 0.182. The molecule has 1 N–H and O–H groups in total. The lowest BCUT2D eigenvalue weighted by molar-refractivity contribution is 0.102. The SMILES string of the molecule is CCOc1cccn2c(C(=O)Nc3ccccc3C)c(C)nc12. The van der Waals surface area contributed by atoms with Gasteiger partial charge in [0.1, 0.15) is 5.69 Å². The number of aromatic nitrogens is 2. The van der Waals surface area contributed by atoms with E-state index in [9.17, 15) is 4.79 Å². The van der Waals surface area contributed by atoms with Gasteiger partial charge in [-0.25, -0.2) is 4.98 Å². The molecule has 0 saturated heterocycles. The zero-order chi connectivity index (χ0) is 16.4. The summed E-state index contributed by atoms with van der Waals surface area (Å²) >= 11 is 0. The maximum Gasteiger partial charge on any atom is 0.274 e. The van der Waals surface area contributed by atoms with Gasteiger partial charge in [0.25, 0.3) is 5.91 Å². The van der Waals surface area contributed by atoms with Gasteiger partial charge in [-0.15, -0.1) is 0 Å². The molecule has 23 heavy (non-hydrogen) atoms. The van der Waals surface area contributed by atoms with Crippen molar-refractivity contribution in [1.82, 2.24) is 9.38 Å². The van der Waals surface area contributed by atoms with E-state index in [1.165, 1.54) is 0 Å². The molecule has 3 rings (SSSR count). The molecule has 0 spiro atoms.